The maximum Gasteiger partial charge on any atom is 0.168 e. The van der Waals surface area contributed by atoms with Crippen LogP contribution >= 0.6 is 0 Å². The Morgan fingerprint density at radius 1 is 1.00 bits per heavy atom. The van der Waals surface area contributed by atoms with Crippen molar-refractivity contribution in [2.75, 3.05) is 4.90 Å². The lowest BCUT2D eigenvalue weighted by atomic mass is 10.2. The standard InChI is InChI=1S/C20H18N6/c1-2-6-17(7-3-1)26-20-18(12-24-26)19(22-14-23-20)25(16-8-9-16)13-15-5-4-10-21-11-15/h1-7,10-12,14,16H,8-9,13H2. The number of nitrogens with zero attached hydrogens (tertiary/aromatic N) is 6. The van der Waals surface area contributed by atoms with Gasteiger partial charge in [-0.05, 0) is 36.6 Å². The van der Waals surface area contributed by atoms with Gasteiger partial charge in [-0.25, -0.2) is 14.6 Å². The molecule has 1 aliphatic carbocycles. The van der Waals surface area contributed by atoms with Crippen molar-refractivity contribution in [2.45, 2.75) is 25.4 Å². The van der Waals surface area contributed by atoms with Gasteiger partial charge in [0, 0.05) is 25.0 Å². The molecule has 0 radical (unpaired) electrons. The minimum absolute atomic E-state index is 0.522. The summed E-state index contributed by atoms with van der Waals surface area (Å²) in [6.45, 7) is 0.793. The summed E-state index contributed by atoms with van der Waals surface area (Å²) >= 11 is 0. The van der Waals surface area contributed by atoms with Gasteiger partial charge in [-0.1, -0.05) is 24.3 Å². The number of para-hydroxylation sites is 1. The molecule has 0 aliphatic heterocycles. The zero-order valence-corrected chi connectivity index (χ0v) is 14.2. The van der Waals surface area contributed by atoms with E-state index in [1.807, 2.05) is 53.5 Å². The van der Waals surface area contributed by atoms with E-state index in [9.17, 15) is 0 Å². The maximum atomic E-state index is 4.61. The molecule has 1 fully saturated rings. The van der Waals surface area contributed by atoms with E-state index in [1.54, 1.807) is 12.5 Å². The lowest BCUT2D eigenvalue weighted by molar-refractivity contribution is 0.778. The summed E-state index contributed by atoms with van der Waals surface area (Å²) in [5.41, 5.74) is 3.01. The van der Waals surface area contributed by atoms with Crippen LogP contribution in [0.15, 0.2) is 67.4 Å². The fourth-order valence-electron chi connectivity index (χ4n) is 3.27. The third-order valence-electron chi connectivity index (χ3n) is 4.68. The molecule has 0 bridgehead atoms. The molecule has 3 aromatic heterocycles. The number of anilines is 1. The fraction of sp³-hybridized carbons (Fsp3) is 0.200. The molecule has 4 aromatic rings. The van der Waals surface area contributed by atoms with Crippen LogP contribution < -0.4 is 4.90 Å². The molecule has 0 atom stereocenters. The first kappa shape index (κ1) is 15.0. The summed E-state index contributed by atoms with van der Waals surface area (Å²) in [5.74, 6) is 0.948. The monoisotopic (exact) mass is 342 g/mol. The fourth-order valence-corrected chi connectivity index (χ4v) is 3.27. The van der Waals surface area contributed by atoms with Crippen LogP contribution in [0.5, 0.6) is 0 Å². The van der Waals surface area contributed by atoms with Crippen molar-refractivity contribution in [3.63, 3.8) is 0 Å². The quantitative estimate of drug-likeness (QED) is 0.556. The van der Waals surface area contributed by atoms with Gasteiger partial charge in [-0.2, -0.15) is 5.10 Å². The molecule has 0 saturated heterocycles. The Kier molecular flexibility index (Phi) is 3.59. The van der Waals surface area contributed by atoms with Crippen LogP contribution in [-0.4, -0.2) is 30.8 Å². The molecular formula is C20H18N6. The summed E-state index contributed by atoms with van der Waals surface area (Å²) in [6, 6.07) is 14.7. The van der Waals surface area contributed by atoms with Gasteiger partial charge in [0.1, 0.15) is 12.1 Å². The second kappa shape index (κ2) is 6.22. The van der Waals surface area contributed by atoms with E-state index in [0.717, 1.165) is 29.1 Å². The first-order valence-corrected chi connectivity index (χ1v) is 8.80. The Morgan fingerprint density at radius 3 is 2.65 bits per heavy atom. The van der Waals surface area contributed by atoms with E-state index in [-0.39, 0.29) is 0 Å². The highest BCUT2D eigenvalue weighted by molar-refractivity contribution is 5.88. The van der Waals surface area contributed by atoms with Crippen molar-refractivity contribution >= 4 is 16.9 Å². The summed E-state index contributed by atoms with van der Waals surface area (Å²) in [7, 11) is 0. The molecule has 0 N–H and O–H groups in total. The predicted octanol–water partition coefficient (Wildman–Crippen LogP) is 3.38. The van der Waals surface area contributed by atoms with Crippen molar-refractivity contribution in [1.82, 2.24) is 24.7 Å². The molecule has 1 saturated carbocycles. The number of pyridine rings is 1. The van der Waals surface area contributed by atoms with Gasteiger partial charge in [0.15, 0.2) is 5.65 Å². The Labute approximate surface area is 151 Å². The molecule has 5 rings (SSSR count). The van der Waals surface area contributed by atoms with Crippen molar-refractivity contribution < 1.29 is 0 Å². The van der Waals surface area contributed by atoms with Gasteiger partial charge >= 0.3 is 0 Å². The number of rotatable bonds is 5. The second-order valence-electron chi connectivity index (χ2n) is 6.55. The summed E-state index contributed by atoms with van der Waals surface area (Å²) in [6.07, 6.45) is 9.61. The van der Waals surface area contributed by atoms with Crippen LogP contribution in [0.4, 0.5) is 5.82 Å². The molecule has 0 unspecified atom stereocenters. The Balaban J connectivity index is 1.58. The van der Waals surface area contributed by atoms with Gasteiger partial charge in [0.05, 0.1) is 17.3 Å². The van der Waals surface area contributed by atoms with Crippen LogP contribution in [0.3, 0.4) is 0 Å². The normalized spacial score (nSPS) is 13.8. The molecule has 0 spiro atoms. The average molecular weight is 342 g/mol. The molecule has 128 valence electrons. The molecule has 1 aliphatic rings. The predicted molar refractivity (Wildman–Crippen MR) is 100 cm³/mol. The average Bonchev–Trinajstić information content (AvgIpc) is 3.45. The minimum atomic E-state index is 0.522. The second-order valence-corrected chi connectivity index (χ2v) is 6.55. The van der Waals surface area contributed by atoms with E-state index < -0.39 is 0 Å². The van der Waals surface area contributed by atoms with E-state index in [2.05, 4.69) is 31.0 Å². The van der Waals surface area contributed by atoms with Gasteiger partial charge in [-0.15, -0.1) is 0 Å². The molecular weight excluding hydrogens is 324 g/mol. The van der Waals surface area contributed by atoms with Crippen molar-refractivity contribution in [3.8, 4) is 5.69 Å². The zero-order valence-electron chi connectivity index (χ0n) is 14.2. The first-order valence-electron chi connectivity index (χ1n) is 8.80. The van der Waals surface area contributed by atoms with Gasteiger partial charge in [0.25, 0.3) is 0 Å². The molecule has 3 heterocycles. The Bertz CT molecular complexity index is 1020. The number of hydrogen-bond donors (Lipinski definition) is 0. The smallest absolute Gasteiger partial charge is 0.168 e. The highest BCUT2D eigenvalue weighted by atomic mass is 15.3. The number of aromatic nitrogens is 5. The number of fused-ring (bicyclic) bond motifs is 1. The third kappa shape index (κ3) is 2.69. The summed E-state index contributed by atoms with van der Waals surface area (Å²) in [4.78, 5) is 15.7. The zero-order chi connectivity index (χ0) is 17.3. The van der Waals surface area contributed by atoms with Crippen LogP contribution in [0.1, 0.15) is 18.4 Å². The molecule has 6 heteroatoms. The van der Waals surface area contributed by atoms with Crippen LogP contribution in [0, 0.1) is 0 Å². The molecule has 1 aromatic carbocycles. The van der Waals surface area contributed by atoms with Crippen molar-refractivity contribution in [3.05, 3.63) is 72.9 Å². The van der Waals surface area contributed by atoms with Crippen LogP contribution in [0.25, 0.3) is 16.7 Å². The van der Waals surface area contributed by atoms with E-state index in [0.29, 0.717) is 6.04 Å². The Morgan fingerprint density at radius 2 is 1.88 bits per heavy atom. The largest absolute Gasteiger partial charge is 0.349 e. The SMILES string of the molecule is c1ccc(-n2ncc3c(N(Cc4cccnc4)C4CC4)ncnc32)cc1. The number of hydrogen-bond acceptors (Lipinski definition) is 5. The lowest BCUT2D eigenvalue weighted by Gasteiger charge is -2.23. The van der Waals surface area contributed by atoms with Gasteiger partial charge < -0.3 is 4.90 Å². The highest BCUT2D eigenvalue weighted by Crippen LogP contribution is 2.35. The summed E-state index contributed by atoms with van der Waals surface area (Å²) < 4.78 is 1.87. The van der Waals surface area contributed by atoms with Crippen molar-refractivity contribution in [2.24, 2.45) is 0 Å². The van der Waals surface area contributed by atoms with E-state index in [1.165, 1.54) is 18.4 Å². The molecule has 6 nitrogen and oxygen atoms in total. The van der Waals surface area contributed by atoms with E-state index >= 15 is 0 Å². The van der Waals surface area contributed by atoms with Crippen molar-refractivity contribution in [1.29, 1.82) is 0 Å². The molecule has 0 amide bonds. The highest BCUT2D eigenvalue weighted by Gasteiger charge is 2.31. The first-order chi connectivity index (χ1) is 12.9. The Hall–Kier alpha value is -3.28. The summed E-state index contributed by atoms with van der Waals surface area (Å²) in [5, 5.41) is 5.55. The molecule has 26 heavy (non-hydrogen) atoms. The number of benzene rings is 1. The van der Waals surface area contributed by atoms with Crippen LogP contribution in [0.2, 0.25) is 0 Å². The maximum absolute atomic E-state index is 4.61. The van der Waals surface area contributed by atoms with Gasteiger partial charge in [0.2, 0.25) is 0 Å². The van der Waals surface area contributed by atoms with E-state index in [4.69, 9.17) is 0 Å². The third-order valence-corrected chi connectivity index (χ3v) is 4.68. The van der Waals surface area contributed by atoms with Gasteiger partial charge in [-0.3, -0.25) is 4.98 Å². The van der Waals surface area contributed by atoms with Crippen LogP contribution in [-0.2, 0) is 6.54 Å². The lowest BCUT2D eigenvalue weighted by Crippen LogP contribution is -2.26. The topological polar surface area (TPSA) is 59.7 Å². The minimum Gasteiger partial charge on any atom is -0.349 e.